The van der Waals surface area contributed by atoms with E-state index in [0.717, 1.165) is 89.5 Å². The number of nitrogens with two attached hydrogens (primary N) is 1. The second-order valence-electron chi connectivity index (χ2n) is 13.4. The summed E-state index contributed by atoms with van der Waals surface area (Å²) >= 11 is 12.9. The maximum atomic E-state index is 13.6. The molecule has 1 atom stereocenters. The minimum atomic E-state index is -0.300. The minimum absolute atomic E-state index is 0.0768. The number of amides is 2. The van der Waals surface area contributed by atoms with Gasteiger partial charge in [-0.15, -0.1) is 0 Å². The van der Waals surface area contributed by atoms with Crippen LogP contribution < -0.4 is 5.73 Å². The molecule has 3 aliphatic rings. The van der Waals surface area contributed by atoms with Gasteiger partial charge in [-0.1, -0.05) is 77.9 Å². The molecular formula is C35H47Cl2N3O2. The molecule has 2 aliphatic heterocycles. The molecule has 1 aliphatic carbocycles. The highest BCUT2D eigenvalue weighted by Crippen LogP contribution is 2.47. The summed E-state index contributed by atoms with van der Waals surface area (Å²) in [5.74, 6) is 0.504. The summed E-state index contributed by atoms with van der Waals surface area (Å²) in [7, 11) is 0. The van der Waals surface area contributed by atoms with Gasteiger partial charge in [0.1, 0.15) is 0 Å². The Balaban J connectivity index is 1.29. The number of primary amides is 1. The standard InChI is InChI=1S/C35H47Cl2N3O2/c1-25-19-26(2)21-27(20-25)22-32(41)40-15-6-11-34(24-40,29-7-8-30(36)31(37)23-29)14-18-39-16-9-28(10-17-39)35(33(38)42)12-4-3-5-13-35/h7-8,19-21,23,28H,3-6,9-18,22,24H2,1-2H3,(H2,38,42). The third-order valence-corrected chi connectivity index (χ3v) is 11.3. The lowest BCUT2D eigenvalue weighted by Gasteiger charge is -2.47. The molecule has 5 rings (SSSR count). The lowest BCUT2D eigenvalue weighted by molar-refractivity contribution is -0.135. The van der Waals surface area contributed by atoms with Crippen molar-refractivity contribution in [3.63, 3.8) is 0 Å². The van der Waals surface area contributed by atoms with Gasteiger partial charge in [-0.2, -0.15) is 0 Å². The van der Waals surface area contributed by atoms with E-state index in [0.29, 0.717) is 28.9 Å². The summed E-state index contributed by atoms with van der Waals surface area (Å²) in [6.07, 6.45) is 10.8. The third kappa shape index (κ3) is 6.84. The molecule has 0 radical (unpaired) electrons. The fourth-order valence-corrected chi connectivity index (χ4v) is 8.63. The fraction of sp³-hybridized carbons (Fsp3) is 0.600. The summed E-state index contributed by atoms with van der Waals surface area (Å²) in [4.78, 5) is 30.9. The number of likely N-dealkylation sites (tertiary alicyclic amines) is 2. The van der Waals surface area contributed by atoms with Gasteiger partial charge >= 0.3 is 0 Å². The molecule has 0 bridgehead atoms. The first-order chi connectivity index (χ1) is 20.1. The molecule has 2 amide bonds. The van der Waals surface area contributed by atoms with Crippen molar-refractivity contribution in [1.82, 2.24) is 9.80 Å². The summed E-state index contributed by atoms with van der Waals surface area (Å²) < 4.78 is 0. The first kappa shape index (κ1) is 31.3. The van der Waals surface area contributed by atoms with Gasteiger partial charge < -0.3 is 15.5 Å². The predicted octanol–water partition coefficient (Wildman–Crippen LogP) is 7.25. The van der Waals surface area contributed by atoms with Gasteiger partial charge in [-0.25, -0.2) is 0 Å². The summed E-state index contributed by atoms with van der Waals surface area (Å²) in [5, 5.41) is 1.12. The zero-order chi connectivity index (χ0) is 29.9. The van der Waals surface area contributed by atoms with Crippen molar-refractivity contribution in [3.8, 4) is 0 Å². The van der Waals surface area contributed by atoms with E-state index in [2.05, 4.69) is 47.9 Å². The van der Waals surface area contributed by atoms with Crippen molar-refractivity contribution < 1.29 is 9.59 Å². The van der Waals surface area contributed by atoms with E-state index in [1.807, 2.05) is 12.1 Å². The van der Waals surface area contributed by atoms with Gasteiger partial charge in [0, 0.05) is 18.5 Å². The van der Waals surface area contributed by atoms with Crippen molar-refractivity contribution in [1.29, 1.82) is 0 Å². The van der Waals surface area contributed by atoms with Crippen molar-refractivity contribution in [2.75, 3.05) is 32.7 Å². The van der Waals surface area contributed by atoms with Gasteiger partial charge in [-0.05, 0) is 108 Å². The molecule has 2 saturated heterocycles. The Morgan fingerprint density at radius 3 is 2.21 bits per heavy atom. The second kappa shape index (κ2) is 13.3. The van der Waals surface area contributed by atoms with E-state index in [4.69, 9.17) is 28.9 Å². The van der Waals surface area contributed by atoms with Crippen LogP contribution in [0.3, 0.4) is 0 Å². The van der Waals surface area contributed by atoms with Gasteiger partial charge in [-0.3, -0.25) is 9.59 Å². The first-order valence-electron chi connectivity index (χ1n) is 15.9. The number of benzene rings is 2. The first-order valence-corrected chi connectivity index (χ1v) is 16.7. The predicted molar refractivity (Wildman–Crippen MR) is 172 cm³/mol. The van der Waals surface area contributed by atoms with Crippen LogP contribution in [0.5, 0.6) is 0 Å². The van der Waals surface area contributed by atoms with Gasteiger partial charge in [0.2, 0.25) is 11.8 Å². The van der Waals surface area contributed by atoms with Crippen LogP contribution in [0.4, 0.5) is 0 Å². The van der Waals surface area contributed by atoms with Crippen LogP contribution in [0, 0.1) is 25.2 Å². The van der Waals surface area contributed by atoms with Crippen LogP contribution in [0.15, 0.2) is 36.4 Å². The number of hydrogen-bond donors (Lipinski definition) is 1. The van der Waals surface area contributed by atoms with Crippen LogP contribution in [-0.2, 0) is 21.4 Å². The van der Waals surface area contributed by atoms with E-state index in [1.54, 1.807) is 0 Å². The number of piperidine rings is 2. The number of carbonyl (C=O) groups is 2. The molecule has 0 spiro atoms. The maximum Gasteiger partial charge on any atom is 0.227 e. The number of aryl methyl sites for hydroxylation is 2. The highest BCUT2D eigenvalue weighted by molar-refractivity contribution is 6.42. The average molecular weight is 613 g/mol. The van der Waals surface area contributed by atoms with Gasteiger partial charge in [0.25, 0.3) is 0 Å². The average Bonchev–Trinajstić information content (AvgIpc) is 2.97. The Hall–Kier alpha value is -2.08. The molecule has 1 unspecified atom stereocenters. The summed E-state index contributed by atoms with van der Waals surface area (Å²) in [5.41, 5.74) is 10.2. The molecule has 42 heavy (non-hydrogen) atoms. The van der Waals surface area contributed by atoms with E-state index in [1.165, 1.54) is 23.1 Å². The quantitative estimate of drug-likeness (QED) is 0.342. The maximum absolute atomic E-state index is 13.6. The van der Waals surface area contributed by atoms with Crippen molar-refractivity contribution >= 4 is 35.0 Å². The molecule has 2 aromatic rings. The van der Waals surface area contributed by atoms with Crippen LogP contribution in [-0.4, -0.2) is 54.3 Å². The van der Waals surface area contributed by atoms with E-state index < -0.39 is 0 Å². The molecular weight excluding hydrogens is 565 g/mol. The number of rotatable bonds is 8. The molecule has 1 saturated carbocycles. The summed E-state index contributed by atoms with van der Waals surface area (Å²) in [6, 6.07) is 12.4. The number of carbonyl (C=O) groups excluding carboxylic acids is 2. The largest absolute Gasteiger partial charge is 0.369 e. The molecule has 228 valence electrons. The Labute approximate surface area is 262 Å². The molecule has 0 aromatic heterocycles. The zero-order valence-electron chi connectivity index (χ0n) is 25.4. The Bertz CT molecular complexity index is 1260. The number of nitrogens with zero attached hydrogens (tertiary/aromatic N) is 2. The molecule has 3 fully saturated rings. The van der Waals surface area contributed by atoms with Crippen molar-refractivity contribution in [2.24, 2.45) is 17.1 Å². The zero-order valence-corrected chi connectivity index (χ0v) is 26.9. The van der Waals surface area contributed by atoms with E-state index >= 15 is 0 Å². The van der Waals surface area contributed by atoms with Crippen LogP contribution in [0.1, 0.15) is 86.5 Å². The molecule has 2 N–H and O–H groups in total. The number of hydrogen-bond acceptors (Lipinski definition) is 3. The molecule has 7 heteroatoms. The van der Waals surface area contributed by atoms with Crippen LogP contribution in [0.25, 0.3) is 0 Å². The monoisotopic (exact) mass is 611 g/mol. The van der Waals surface area contributed by atoms with Crippen molar-refractivity contribution in [2.45, 2.75) is 89.9 Å². The Morgan fingerprint density at radius 1 is 0.881 bits per heavy atom. The summed E-state index contributed by atoms with van der Waals surface area (Å²) in [6.45, 7) is 8.59. The topological polar surface area (TPSA) is 66.6 Å². The SMILES string of the molecule is Cc1cc(C)cc(CC(=O)N2CCCC(CCN3CCC(C4(C(N)=O)CCCCC4)CC3)(c3ccc(Cl)c(Cl)c3)C2)c1. The Morgan fingerprint density at radius 2 is 1.57 bits per heavy atom. The second-order valence-corrected chi connectivity index (χ2v) is 14.3. The fourth-order valence-electron chi connectivity index (χ4n) is 8.33. The van der Waals surface area contributed by atoms with Crippen molar-refractivity contribution in [3.05, 3.63) is 68.7 Å². The van der Waals surface area contributed by atoms with Gasteiger partial charge in [0.05, 0.1) is 21.9 Å². The Kier molecular flexibility index (Phi) is 9.91. The lowest BCUT2D eigenvalue weighted by atomic mass is 9.62. The van der Waals surface area contributed by atoms with E-state index in [9.17, 15) is 9.59 Å². The normalized spacial score (nSPS) is 23.6. The highest BCUT2D eigenvalue weighted by Gasteiger charge is 2.46. The highest BCUT2D eigenvalue weighted by atomic mass is 35.5. The molecule has 5 nitrogen and oxygen atoms in total. The number of halogens is 2. The van der Waals surface area contributed by atoms with Gasteiger partial charge in [0.15, 0.2) is 0 Å². The minimum Gasteiger partial charge on any atom is -0.369 e. The molecule has 2 heterocycles. The smallest absolute Gasteiger partial charge is 0.227 e. The van der Waals surface area contributed by atoms with Crippen LogP contribution >= 0.6 is 23.2 Å². The third-order valence-electron chi connectivity index (χ3n) is 10.6. The van der Waals surface area contributed by atoms with Crippen LogP contribution in [0.2, 0.25) is 10.0 Å². The van der Waals surface area contributed by atoms with E-state index in [-0.39, 0.29) is 22.6 Å². The molecule has 2 aromatic carbocycles. The lowest BCUT2D eigenvalue weighted by Crippen LogP contribution is -2.51.